The van der Waals surface area contributed by atoms with Gasteiger partial charge in [0.15, 0.2) is 6.10 Å². The largest absolute Gasteiger partial charge is 0.494 e. The number of carbonyl (C=O) groups is 1. The molecule has 0 radical (unpaired) electrons. The molecule has 154 valence electrons. The molecule has 0 bridgehead atoms. The number of nitrogens with zero attached hydrogens (tertiary/aromatic N) is 2. The molecule has 1 N–H and O–H groups in total. The number of piperazine rings is 1. The van der Waals surface area contributed by atoms with Gasteiger partial charge in [0.25, 0.3) is 5.91 Å². The van der Waals surface area contributed by atoms with Gasteiger partial charge in [-0.25, -0.2) is 0 Å². The van der Waals surface area contributed by atoms with E-state index in [1.54, 1.807) is 13.3 Å². The summed E-state index contributed by atoms with van der Waals surface area (Å²) in [6.07, 6.45) is 1.77. The Bertz CT molecular complexity index is 1130. The monoisotopic (exact) mass is 423 g/mol. The Kier molecular flexibility index (Phi) is 4.97. The zero-order chi connectivity index (χ0) is 20.7. The highest BCUT2D eigenvalue weighted by atomic mass is 35.5. The molecule has 0 spiro atoms. The summed E-state index contributed by atoms with van der Waals surface area (Å²) < 4.78 is 11.7. The van der Waals surface area contributed by atoms with Crippen LogP contribution in [0.25, 0.3) is 22.0 Å². The number of methoxy groups -OCH3 is 1. The van der Waals surface area contributed by atoms with Crippen molar-refractivity contribution < 1.29 is 14.3 Å². The maximum absolute atomic E-state index is 13.0. The Balaban J connectivity index is 1.56. The van der Waals surface area contributed by atoms with Crippen LogP contribution < -0.4 is 14.8 Å². The summed E-state index contributed by atoms with van der Waals surface area (Å²) in [4.78, 5) is 19.4. The van der Waals surface area contributed by atoms with E-state index in [-0.39, 0.29) is 5.91 Å². The number of nitrogens with one attached hydrogen (secondary N) is 1. The number of fused-ring (bicyclic) bond motifs is 2. The quantitative estimate of drug-likeness (QED) is 0.700. The number of carbonyl (C=O) groups excluding carboxylic acids is 1. The van der Waals surface area contributed by atoms with E-state index in [1.165, 1.54) is 0 Å². The second kappa shape index (κ2) is 7.78. The van der Waals surface area contributed by atoms with Crippen LogP contribution in [0.3, 0.4) is 0 Å². The van der Waals surface area contributed by atoms with Crippen molar-refractivity contribution in [2.45, 2.75) is 12.5 Å². The van der Waals surface area contributed by atoms with Crippen LogP contribution in [0.15, 0.2) is 42.6 Å². The van der Waals surface area contributed by atoms with Crippen molar-refractivity contribution in [1.29, 1.82) is 0 Å². The topological polar surface area (TPSA) is 63.7 Å². The van der Waals surface area contributed by atoms with Crippen LogP contribution in [-0.4, -0.2) is 55.2 Å². The minimum absolute atomic E-state index is 0.0380. The van der Waals surface area contributed by atoms with Gasteiger partial charge >= 0.3 is 0 Å². The first kappa shape index (κ1) is 19.2. The third-order valence-electron chi connectivity index (χ3n) is 5.74. The molecule has 0 saturated carbocycles. The van der Waals surface area contributed by atoms with E-state index < -0.39 is 6.10 Å². The summed E-state index contributed by atoms with van der Waals surface area (Å²) in [5, 5.41) is 4.84. The molecule has 2 aliphatic heterocycles. The highest BCUT2D eigenvalue weighted by Crippen LogP contribution is 2.44. The lowest BCUT2D eigenvalue weighted by Gasteiger charge is -2.29. The number of para-hydroxylation sites is 1. The van der Waals surface area contributed by atoms with E-state index in [9.17, 15) is 4.79 Å². The number of rotatable bonds is 3. The number of amides is 1. The molecule has 1 amide bonds. The molecule has 1 atom stereocenters. The van der Waals surface area contributed by atoms with E-state index >= 15 is 0 Å². The number of pyridine rings is 1. The van der Waals surface area contributed by atoms with Crippen LogP contribution in [0.5, 0.6) is 11.5 Å². The van der Waals surface area contributed by atoms with E-state index in [1.807, 2.05) is 41.3 Å². The summed E-state index contributed by atoms with van der Waals surface area (Å²) in [5.41, 5.74) is 3.55. The molecule has 3 aromatic rings. The maximum Gasteiger partial charge on any atom is 0.264 e. The predicted molar refractivity (Wildman–Crippen MR) is 116 cm³/mol. The summed E-state index contributed by atoms with van der Waals surface area (Å²) in [5.74, 6) is 1.47. The Morgan fingerprint density at radius 2 is 2.07 bits per heavy atom. The van der Waals surface area contributed by atoms with Crippen LogP contribution >= 0.6 is 11.6 Å². The smallest absolute Gasteiger partial charge is 0.264 e. The summed E-state index contributed by atoms with van der Waals surface area (Å²) in [6, 6.07) is 11.6. The molecule has 30 heavy (non-hydrogen) atoms. The van der Waals surface area contributed by atoms with E-state index in [0.29, 0.717) is 30.3 Å². The maximum atomic E-state index is 13.0. The first-order valence-electron chi connectivity index (χ1n) is 10.1. The van der Waals surface area contributed by atoms with Gasteiger partial charge < -0.3 is 19.7 Å². The molecule has 7 heteroatoms. The number of halogens is 1. The molecule has 0 unspecified atom stereocenters. The summed E-state index contributed by atoms with van der Waals surface area (Å²) in [6.45, 7) is 3.04. The third kappa shape index (κ3) is 3.26. The zero-order valence-electron chi connectivity index (χ0n) is 16.7. The lowest BCUT2D eigenvalue weighted by molar-refractivity contribution is -0.138. The van der Waals surface area contributed by atoms with Gasteiger partial charge in [-0.05, 0) is 29.8 Å². The van der Waals surface area contributed by atoms with Crippen molar-refractivity contribution in [3.8, 4) is 22.6 Å². The van der Waals surface area contributed by atoms with Gasteiger partial charge in [-0.3, -0.25) is 9.78 Å². The molecule has 3 heterocycles. The van der Waals surface area contributed by atoms with Crippen molar-refractivity contribution in [2.75, 3.05) is 33.3 Å². The molecular formula is C23H22ClN3O3. The van der Waals surface area contributed by atoms with Gasteiger partial charge in [0.05, 0.1) is 7.11 Å². The number of hydrogen-bond donors (Lipinski definition) is 1. The average molecular weight is 424 g/mol. The number of benzene rings is 2. The van der Waals surface area contributed by atoms with Crippen LogP contribution in [0.2, 0.25) is 5.02 Å². The summed E-state index contributed by atoms with van der Waals surface area (Å²) in [7, 11) is 1.63. The molecule has 2 aliphatic rings. The van der Waals surface area contributed by atoms with Crippen molar-refractivity contribution in [3.63, 3.8) is 0 Å². The number of hydrogen-bond acceptors (Lipinski definition) is 5. The Labute approximate surface area is 179 Å². The lowest BCUT2D eigenvalue weighted by atomic mass is 9.97. The molecular weight excluding hydrogens is 402 g/mol. The van der Waals surface area contributed by atoms with E-state index in [2.05, 4.69) is 10.3 Å². The average Bonchev–Trinajstić information content (AvgIpc) is 3.21. The second-order valence-electron chi connectivity index (χ2n) is 7.54. The second-order valence-corrected chi connectivity index (χ2v) is 7.98. The fraction of sp³-hybridized carbons (Fsp3) is 0.304. The van der Waals surface area contributed by atoms with Crippen LogP contribution in [0, 0.1) is 0 Å². The fourth-order valence-electron chi connectivity index (χ4n) is 4.30. The molecule has 5 rings (SSSR count). The van der Waals surface area contributed by atoms with Gasteiger partial charge in [-0.1, -0.05) is 23.7 Å². The third-order valence-corrected chi connectivity index (χ3v) is 5.96. The van der Waals surface area contributed by atoms with Crippen LogP contribution in [0.1, 0.15) is 5.56 Å². The van der Waals surface area contributed by atoms with Gasteiger partial charge in [0.1, 0.15) is 17.0 Å². The van der Waals surface area contributed by atoms with E-state index in [0.717, 1.165) is 46.4 Å². The molecule has 1 saturated heterocycles. The normalized spacial score (nSPS) is 18.2. The van der Waals surface area contributed by atoms with Gasteiger partial charge in [-0.2, -0.15) is 0 Å². The minimum atomic E-state index is -0.516. The highest BCUT2D eigenvalue weighted by molar-refractivity contribution is 6.31. The van der Waals surface area contributed by atoms with E-state index in [4.69, 9.17) is 21.1 Å². The molecule has 6 nitrogen and oxygen atoms in total. The summed E-state index contributed by atoms with van der Waals surface area (Å²) >= 11 is 6.46. The number of ether oxygens (including phenoxy) is 2. The Morgan fingerprint density at radius 1 is 1.23 bits per heavy atom. The Hall–Kier alpha value is -2.83. The minimum Gasteiger partial charge on any atom is -0.494 e. The molecule has 0 aliphatic carbocycles. The van der Waals surface area contributed by atoms with Crippen LogP contribution in [0.4, 0.5) is 0 Å². The standard InChI is InChI=1S/C23H22ClN3O3/c1-29-19-4-2-3-17-16(5-6-26-21(17)19)18-13-15(24)11-14-12-20(30-22(14)18)23(28)27-9-7-25-8-10-27/h2-6,11,13,20,25H,7-10,12H2,1H3/t20-/m1/s1. The van der Waals surface area contributed by atoms with Crippen molar-refractivity contribution >= 4 is 28.4 Å². The Morgan fingerprint density at radius 3 is 2.87 bits per heavy atom. The number of aromatic nitrogens is 1. The first-order valence-corrected chi connectivity index (χ1v) is 10.4. The molecule has 1 fully saturated rings. The molecule has 2 aromatic carbocycles. The van der Waals surface area contributed by atoms with Crippen molar-refractivity contribution in [2.24, 2.45) is 0 Å². The predicted octanol–water partition coefficient (Wildman–Crippen LogP) is 3.30. The van der Waals surface area contributed by atoms with Gasteiger partial charge in [0, 0.05) is 60.3 Å². The zero-order valence-corrected chi connectivity index (χ0v) is 17.4. The van der Waals surface area contributed by atoms with Crippen molar-refractivity contribution in [1.82, 2.24) is 15.2 Å². The van der Waals surface area contributed by atoms with Gasteiger partial charge in [-0.15, -0.1) is 0 Å². The SMILES string of the molecule is COc1cccc2c(-c3cc(Cl)cc4c3O[C@@H](C(=O)N3CCNCC3)C4)ccnc12. The molecule has 1 aromatic heterocycles. The lowest BCUT2D eigenvalue weighted by Crippen LogP contribution is -2.50. The first-order chi connectivity index (χ1) is 14.7. The van der Waals surface area contributed by atoms with Crippen molar-refractivity contribution in [3.05, 3.63) is 53.2 Å². The van der Waals surface area contributed by atoms with Crippen LogP contribution in [-0.2, 0) is 11.2 Å². The highest BCUT2D eigenvalue weighted by Gasteiger charge is 2.35. The fourth-order valence-corrected chi connectivity index (χ4v) is 4.54. The van der Waals surface area contributed by atoms with Gasteiger partial charge in [0.2, 0.25) is 0 Å².